The number of aliphatic hydroxyl groups is 1. The molecule has 2 unspecified atom stereocenters. The zero-order chi connectivity index (χ0) is 14.1. The number of hydrogen-bond donors (Lipinski definition) is 2. The normalized spacial score (nSPS) is 20.7. The molecule has 1 rings (SSSR count). The first-order valence-electron chi connectivity index (χ1n) is 7.80. The molecule has 4 heteroatoms. The minimum Gasteiger partial charge on any atom is -0.389 e. The third-order valence-corrected chi connectivity index (χ3v) is 3.60. The van der Waals surface area contributed by atoms with Crippen molar-refractivity contribution in [3.63, 3.8) is 0 Å². The molecule has 114 valence electrons. The van der Waals surface area contributed by atoms with Crippen molar-refractivity contribution in [2.75, 3.05) is 39.4 Å². The molecule has 0 aliphatic carbocycles. The molecule has 1 aliphatic heterocycles. The average molecular weight is 272 g/mol. The average Bonchev–Trinajstić information content (AvgIpc) is 2.39. The van der Waals surface area contributed by atoms with Crippen LogP contribution >= 0.6 is 0 Å². The van der Waals surface area contributed by atoms with Crippen LogP contribution in [0.3, 0.4) is 0 Å². The van der Waals surface area contributed by atoms with Gasteiger partial charge in [-0.2, -0.15) is 0 Å². The fraction of sp³-hybridized carbons (Fsp3) is 1.00. The summed E-state index contributed by atoms with van der Waals surface area (Å²) < 4.78 is 5.43. The van der Waals surface area contributed by atoms with Crippen LogP contribution in [0.5, 0.6) is 0 Å². The zero-order valence-corrected chi connectivity index (χ0v) is 12.9. The Morgan fingerprint density at radius 3 is 2.37 bits per heavy atom. The molecule has 0 radical (unpaired) electrons. The summed E-state index contributed by atoms with van der Waals surface area (Å²) >= 11 is 0. The van der Waals surface area contributed by atoms with Crippen molar-refractivity contribution < 1.29 is 9.84 Å². The van der Waals surface area contributed by atoms with Crippen LogP contribution < -0.4 is 5.32 Å². The highest BCUT2D eigenvalue weighted by atomic mass is 16.5. The Hall–Kier alpha value is -0.160. The predicted octanol–water partition coefficient (Wildman–Crippen LogP) is 1.48. The molecule has 1 saturated heterocycles. The standard InChI is InChI=1S/C15H32N2O2/c1-13(2)11-19-12-15(18)10-16-9-14(3)17-7-5-4-6-8-17/h13-16,18H,4-12H2,1-3H3. The van der Waals surface area contributed by atoms with Gasteiger partial charge < -0.3 is 15.2 Å². The summed E-state index contributed by atoms with van der Waals surface area (Å²) in [5, 5.41) is 13.1. The number of aliphatic hydroxyl groups excluding tert-OH is 1. The molecule has 2 atom stereocenters. The molecule has 0 bridgehead atoms. The quantitative estimate of drug-likeness (QED) is 0.667. The van der Waals surface area contributed by atoms with Crippen molar-refractivity contribution in [1.29, 1.82) is 0 Å². The van der Waals surface area contributed by atoms with Gasteiger partial charge in [-0.15, -0.1) is 0 Å². The first kappa shape index (κ1) is 16.9. The number of hydrogen-bond acceptors (Lipinski definition) is 4. The second-order valence-corrected chi connectivity index (χ2v) is 6.19. The number of rotatable bonds is 9. The highest BCUT2D eigenvalue weighted by Crippen LogP contribution is 2.11. The van der Waals surface area contributed by atoms with E-state index in [9.17, 15) is 5.11 Å². The van der Waals surface area contributed by atoms with E-state index in [1.54, 1.807) is 0 Å². The van der Waals surface area contributed by atoms with Crippen LogP contribution in [0.15, 0.2) is 0 Å². The lowest BCUT2D eigenvalue weighted by molar-refractivity contribution is 0.0253. The summed E-state index contributed by atoms with van der Waals surface area (Å²) in [5.74, 6) is 0.527. The highest BCUT2D eigenvalue weighted by molar-refractivity contribution is 4.73. The SMILES string of the molecule is CC(C)COCC(O)CNCC(C)N1CCCCC1. The molecule has 0 aromatic rings. The lowest BCUT2D eigenvalue weighted by Crippen LogP contribution is -2.44. The lowest BCUT2D eigenvalue weighted by atomic mass is 10.1. The number of likely N-dealkylation sites (tertiary alicyclic amines) is 1. The van der Waals surface area contributed by atoms with Crippen molar-refractivity contribution in [2.24, 2.45) is 5.92 Å². The van der Waals surface area contributed by atoms with E-state index in [-0.39, 0.29) is 0 Å². The van der Waals surface area contributed by atoms with Crippen molar-refractivity contribution in [3.8, 4) is 0 Å². The van der Waals surface area contributed by atoms with Gasteiger partial charge in [-0.1, -0.05) is 20.3 Å². The maximum absolute atomic E-state index is 9.78. The maximum Gasteiger partial charge on any atom is 0.0897 e. The maximum atomic E-state index is 9.78. The van der Waals surface area contributed by atoms with Gasteiger partial charge in [0.2, 0.25) is 0 Å². The second-order valence-electron chi connectivity index (χ2n) is 6.19. The zero-order valence-electron chi connectivity index (χ0n) is 12.9. The lowest BCUT2D eigenvalue weighted by Gasteiger charge is -2.32. The Morgan fingerprint density at radius 1 is 1.05 bits per heavy atom. The molecule has 0 amide bonds. The van der Waals surface area contributed by atoms with E-state index >= 15 is 0 Å². The van der Waals surface area contributed by atoms with Crippen LogP contribution in [0, 0.1) is 5.92 Å². The molecule has 2 N–H and O–H groups in total. The Labute approximate surface area is 118 Å². The van der Waals surface area contributed by atoms with Crippen LogP contribution in [0.1, 0.15) is 40.0 Å². The molecule has 4 nitrogen and oxygen atoms in total. The summed E-state index contributed by atoms with van der Waals surface area (Å²) in [7, 11) is 0. The summed E-state index contributed by atoms with van der Waals surface area (Å²) in [6.45, 7) is 11.7. The molecule has 1 aliphatic rings. The predicted molar refractivity (Wildman–Crippen MR) is 79.4 cm³/mol. The van der Waals surface area contributed by atoms with E-state index in [0.717, 1.165) is 13.2 Å². The molecular weight excluding hydrogens is 240 g/mol. The van der Waals surface area contributed by atoms with Gasteiger partial charge in [0, 0.05) is 25.7 Å². The Bertz CT molecular complexity index is 218. The molecule has 1 fully saturated rings. The van der Waals surface area contributed by atoms with Crippen molar-refractivity contribution >= 4 is 0 Å². The number of nitrogens with zero attached hydrogens (tertiary/aromatic N) is 1. The first-order valence-corrected chi connectivity index (χ1v) is 7.80. The van der Waals surface area contributed by atoms with Crippen LogP contribution in [0.2, 0.25) is 0 Å². The van der Waals surface area contributed by atoms with Crippen molar-refractivity contribution in [2.45, 2.75) is 52.2 Å². The summed E-state index contributed by atoms with van der Waals surface area (Å²) in [5.41, 5.74) is 0. The molecule has 1 heterocycles. The van der Waals surface area contributed by atoms with Gasteiger partial charge in [-0.3, -0.25) is 4.90 Å². The van der Waals surface area contributed by atoms with Crippen LogP contribution in [0.4, 0.5) is 0 Å². The number of ether oxygens (including phenoxy) is 1. The Morgan fingerprint density at radius 2 is 1.74 bits per heavy atom. The Kier molecular flexibility index (Phi) is 8.62. The molecule has 0 saturated carbocycles. The largest absolute Gasteiger partial charge is 0.389 e. The minimum absolute atomic E-state index is 0.396. The van der Waals surface area contributed by atoms with Gasteiger partial charge in [0.15, 0.2) is 0 Å². The highest BCUT2D eigenvalue weighted by Gasteiger charge is 2.16. The smallest absolute Gasteiger partial charge is 0.0897 e. The van der Waals surface area contributed by atoms with Gasteiger partial charge in [0.25, 0.3) is 0 Å². The molecule has 19 heavy (non-hydrogen) atoms. The van der Waals surface area contributed by atoms with Crippen LogP contribution in [0.25, 0.3) is 0 Å². The summed E-state index contributed by atoms with van der Waals surface area (Å²) in [4.78, 5) is 2.54. The van der Waals surface area contributed by atoms with Gasteiger partial charge in [0.05, 0.1) is 12.7 Å². The summed E-state index contributed by atoms with van der Waals surface area (Å²) in [6.07, 6.45) is 3.64. The van der Waals surface area contributed by atoms with Crippen molar-refractivity contribution in [3.05, 3.63) is 0 Å². The van der Waals surface area contributed by atoms with E-state index in [4.69, 9.17) is 4.74 Å². The van der Waals surface area contributed by atoms with Crippen molar-refractivity contribution in [1.82, 2.24) is 10.2 Å². The molecular formula is C15H32N2O2. The minimum atomic E-state index is -0.396. The van der Waals surface area contributed by atoms with E-state index in [1.165, 1.54) is 32.4 Å². The van der Waals surface area contributed by atoms with Gasteiger partial charge in [-0.05, 0) is 38.8 Å². The van der Waals surface area contributed by atoms with Crippen LogP contribution in [-0.4, -0.2) is 61.5 Å². The van der Waals surface area contributed by atoms with E-state index in [1.807, 2.05) is 0 Å². The third kappa shape index (κ3) is 7.88. The molecule has 0 spiro atoms. The number of piperidine rings is 1. The van der Waals surface area contributed by atoms with Gasteiger partial charge in [0.1, 0.15) is 0 Å². The third-order valence-electron chi connectivity index (χ3n) is 3.60. The molecule has 0 aromatic heterocycles. The Balaban J connectivity index is 2.01. The summed E-state index contributed by atoms with van der Waals surface area (Å²) in [6, 6.07) is 0.559. The first-order chi connectivity index (χ1) is 9.09. The van der Waals surface area contributed by atoms with E-state index in [2.05, 4.69) is 31.0 Å². The number of nitrogens with one attached hydrogen (secondary N) is 1. The van der Waals surface area contributed by atoms with Gasteiger partial charge >= 0.3 is 0 Å². The fourth-order valence-electron chi connectivity index (χ4n) is 2.45. The topological polar surface area (TPSA) is 44.7 Å². The monoisotopic (exact) mass is 272 g/mol. The molecule has 0 aromatic carbocycles. The van der Waals surface area contributed by atoms with E-state index in [0.29, 0.717) is 25.1 Å². The second kappa shape index (κ2) is 9.70. The van der Waals surface area contributed by atoms with Crippen LogP contribution in [-0.2, 0) is 4.74 Å². The van der Waals surface area contributed by atoms with E-state index < -0.39 is 6.10 Å². The van der Waals surface area contributed by atoms with Gasteiger partial charge in [-0.25, -0.2) is 0 Å². The fourth-order valence-corrected chi connectivity index (χ4v) is 2.45.